The molecule has 2 atom stereocenters. The van der Waals surface area contributed by atoms with Gasteiger partial charge in [0.2, 0.25) is 5.75 Å². The summed E-state index contributed by atoms with van der Waals surface area (Å²) in [5.41, 5.74) is 2.00. The van der Waals surface area contributed by atoms with Gasteiger partial charge in [0, 0.05) is 17.5 Å². The van der Waals surface area contributed by atoms with E-state index < -0.39 is 0 Å². The summed E-state index contributed by atoms with van der Waals surface area (Å²) in [7, 11) is 6.35. The topological polar surface area (TPSA) is 66.4 Å². The Morgan fingerprint density at radius 2 is 1.67 bits per heavy atom. The molecule has 1 N–H and O–H groups in total. The van der Waals surface area contributed by atoms with Gasteiger partial charge in [-0.3, -0.25) is 0 Å². The van der Waals surface area contributed by atoms with Gasteiger partial charge in [-0.2, -0.15) is 0 Å². The zero-order valence-electron chi connectivity index (χ0n) is 16.4. The highest BCUT2D eigenvalue weighted by molar-refractivity contribution is 5.63. The normalized spacial score (nSPS) is 18.3. The highest BCUT2D eigenvalue weighted by Crippen LogP contribution is 2.51. The lowest BCUT2D eigenvalue weighted by atomic mass is 9.81. The Kier molecular flexibility index (Phi) is 5.54. The van der Waals surface area contributed by atoms with Crippen molar-refractivity contribution in [2.24, 2.45) is 5.92 Å². The Labute approximate surface area is 159 Å². The first-order chi connectivity index (χ1) is 13.0. The van der Waals surface area contributed by atoms with E-state index in [1.165, 1.54) is 7.11 Å². The van der Waals surface area contributed by atoms with Gasteiger partial charge < -0.3 is 28.8 Å². The summed E-state index contributed by atoms with van der Waals surface area (Å²) < 4.78 is 27.7. The van der Waals surface area contributed by atoms with Gasteiger partial charge >= 0.3 is 0 Å². The number of phenols is 1. The van der Waals surface area contributed by atoms with Gasteiger partial charge in [-0.15, -0.1) is 0 Å². The van der Waals surface area contributed by atoms with Gasteiger partial charge in [0.1, 0.15) is 5.75 Å². The number of hydrogen-bond acceptors (Lipinski definition) is 6. The molecule has 1 heterocycles. The quantitative estimate of drug-likeness (QED) is 0.830. The van der Waals surface area contributed by atoms with E-state index in [2.05, 4.69) is 6.92 Å². The zero-order valence-corrected chi connectivity index (χ0v) is 16.4. The van der Waals surface area contributed by atoms with Crippen LogP contribution in [0.4, 0.5) is 0 Å². The van der Waals surface area contributed by atoms with E-state index in [9.17, 15) is 5.11 Å². The maximum absolute atomic E-state index is 10.0. The maximum Gasteiger partial charge on any atom is 0.203 e. The third-order valence-corrected chi connectivity index (χ3v) is 5.19. The molecule has 0 saturated heterocycles. The van der Waals surface area contributed by atoms with Crippen LogP contribution in [-0.4, -0.2) is 40.2 Å². The van der Waals surface area contributed by atoms with Gasteiger partial charge in [0.25, 0.3) is 0 Å². The summed E-state index contributed by atoms with van der Waals surface area (Å²) in [5, 5.41) is 10.0. The van der Waals surface area contributed by atoms with E-state index in [-0.39, 0.29) is 17.6 Å². The highest BCUT2D eigenvalue weighted by atomic mass is 16.5. The smallest absolute Gasteiger partial charge is 0.203 e. The van der Waals surface area contributed by atoms with Gasteiger partial charge in [-0.1, -0.05) is 13.0 Å². The molecule has 0 fully saturated rings. The van der Waals surface area contributed by atoms with Crippen LogP contribution in [-0.2, 0) is 6.42 Å². The molecule has 27 heavy (non-hydrogen) atoms. The van der Waals surface area contributed by atoms with Crippen LogP contribution < -0.4 is 23.7 Å². The van der Waals surface area contributed by atoms with E-state index in [1.54, 1.807) is 33.5 Å². The lowest BCUT2D eigenvalue weighted by Gasteiger charge is -2.33. The van der Waals surface area contributed by atoms with Crippen molar-refractivity contribution < 1.29 is 28.8 Å². The molecule has 2 aromatic rings. The predicted octanol–water partition coefficient (Wildman–Crippen LogP) is 3.78. The molecule has 0 aliphatic carbocycles. The number of ether oxygens (including phenoxy) is 5. The summed E-state index contributed by atoms with van der Waals surface area (Å²) in [6.45, 7) is 2.73. The molecular weight excluding hydrogens is 348 g/mol. The van der Waals surface area contributed by atoms with Crippen LogP contribution in [0.1, 0.15) is 24.0 Å². The predicted molar refractivity (Wildman–Crippen MR) is 102 cm³/mol. The molecule has 2 unspecified atom stereocenters. The summed E-state index contributed by atoms with van der Waals surface area (Å²) in [6.07, 6.45) is 0.760. The Balaban J connectivity index is 1.93. The van der Waals surface area contributed by atoms with Crippen LogP contribution in [0.5, 0.6) is 34.5 Å². The maximum atomic E-state index is 10.0. The Morgan fingerprint density at radius 3 is 2.26 bits per heavy atom. The minimum atomic E-state index is 0.142. The summed E-state index contributed by atoms with van der Waals surface area (Å²) in [6, 6.07) is 7.34. The fraction of sp³-hybridized carbons (Fsp3) is 0.429. The molecule has 1 aliphatic rings. The second kappa shape index (κ2) is 7.86. The molecule has 6 nitrogen and oxygen atoms in total. The number of fused-ring (bicyclic) bond motifs is 1. The lowest BCUT2D eigenvalue weighted by molar-refractivity contribution is 0.191. The second-order valence-corrected chi connectivity index (χ2v) is 6.63. The Hall–Kier alpha value is -2.76. The van der Waals surface area contributed by atoms with E-state index in [0.29, 0.717) is 29.6 Å². The fourth-order valence-electron chi connectivity index (χ4n) is 3.68. The second-order valence-electron chi connectivity index (χ2n) is 6.63. The number of benzene rings is 2. The lowest BCUT2D eigenvalue weighted by Crippen LogP contribution is -2.27. The van der Waals surface area contributed by atoms with Crippen molar-refractivity contribution in [2.45, 2.75) is 19.3 Å². The van der Waals surface area contributed by atoms with E-state index >= 15 is 0 Å². The van der Waals surface area contributed by atoms with Gasteiger partial charge in [-0.25, -0.2) is 0 Å². The highest BCUT2D eigenvalue weighted by Gasteiger charge is 2.34. The van der Waals surface area contributed by atoms with Crippen LogP contribution in [0.3, 0.4) is 0 Å². The van der Waals surface area contributed by atoms with E-state index in [4.69, 9.17) is 23.7 Å². The van der Waals surface area contributed by atoms with Crippen molar-refractivity contribution in [1.29, 1.82) is 0 Å². The van der Waals surface area contributed by atoms with Crippen molar-refractivity contribution >= 4 is 0 Å². The third kappa shape index (κ3) is 3.44. The molecule has 6 heteroatoms. The molecular formula is C21H26O6. The minimum absolute atomic E-state index is 0.142. The molecule has 3 rings (SSSR count). The van der Waals surface area contributed by atoms with Crippen LogP contribution >= 0.6 is 0 Å². The van der Waals surface area contributed by atoms with Crippen LogP contribution in [0.2, 0.25) is 0 Å². The van der Waals surface area contributed by atoms with Crippen LogP contribution in [0.15, 0.2) is 24.3 Å². The minimum Gasteiger partial charge on any atom is -0.504 e. The summed E-state index contributed by atoms with van der Waals surface area (Å²) in [5.74, 6) is 3.55. The van der Waals surface area contributed by atoms with Crippen molar-refractivity contribution in [3.05, 3.63) is 35.4 Å². The van der Waals surface area contributed by atoms with Gasteiger partial charge in [-0.05, 0) is 30.0 Å². The standard InChI is InChI=1S/C21H26O6/c1-12-14(8-13-6-7-16(23-2)15(22)9-13)11-27-17-10-18(24-3)20(25-4)21(26-5)19(12)17/h6-7,9-10,12,14,22H,8,11H2,1-5H3. The first-order valence-corrected chi connectivity index (χ1v) is 8.85. The van der Waals surface area contributed by atoms with Crippen molar-refractivity contribution in [2.75, 3.05) is 35.0 Å². The largest absolute Gasteiger partial charge is 0.504 e. The zero-order chi connectivity index (χ0) is 19.6. The molecule has 0 aromatic heterocycles. The monoisotopic (exact) mass is 374 g/mol. The Bertz CT molecular complexity index is 817. The average Bonchev–Trinajstić information content (AvgIpc) is 2.68. The number of phenolic OH excluding ortho intramolecular Hbond substituents is 1. The van der Waals surface area contributed by atoms with Crippen LogP contribution in [0.25, 0.3) is 0 Å². The number of methoxy groups -OCH3 is 4. The fourth-order valence-corrected chi connectivity index (χ4v) is 3.68. The van der Waals surface area contributed by atoms with E-state index in [0.717, 1.165) is 23.3 Å². The molecule has 2 aromatic carbocycles. The summed E-state index contributed by atoms with van der Waals surface area (Å²) >= 11 is 0. The SMILES string of the molecule is COc1ccc(CC2COc3cc(OC)c(OC)c(OC)c3C2C)cc1O. The third-order valence-electron chi connectivity index (χ3n) is 5.19. The first kappa shape index (κ1) is 19.0. The van der Waals surface area contributed by atoms with Crippen molar-refractivity contribution in [3.8, 4) is 34.5 Å². The Morgan fingerprint density at radius 1 is 0.963 bits per heavy atom. The first-order valence-electron chi connectivity index (χ1n) is 8.85. The van der Waals surface area contributed by atoms with Gasteiger partial charge in [0.05, 0.1) is 35.0 Å². The molecule has 146 valence electrons. The number of rotatable bonds is 6. The van der Waals surface area contributed by atoms with Gasteiger partial charge in [0.15, 0.2) is 23.0 Å². The molecule has 0 radical (unpaired) electrons. The molecule has 1 aliphatic heterocycles. The molecule has 0 amide bonds. The molecule has 0 spiro atoms. The molecule has 0 bridgehead atoms. The number of hydrogen-bond donors (Lipinski definition) is 1. The summed E-state index contributed by atoms with van der Waals surface area (Å²) in [4.78, 5) is 0. The van der Waals surface area contributed by atoms with Crippen LogP contribution in [0, 0.1) is 5.92 Å². The van der Waals surface area contributed by atoms with Crippen molar-refractivity contribution in [1.82, 2.24) is 0 Å². The average molecular weight is 374 g/mol. The molecule has 0 saturated carbocycles. The number of aromatic hydroxyl groups is 1. The van der Waals surface area contributed by atoms with Crippen molar-refractivity contribution in [3.63, 3.8) is 0 Å². The van der Waals surface area contributed by atoms with E-state index in [1.807, 2.05) is 12.1 Å².